The summed E-state index contributed by atoms with van der Waals surface area (Å²) in [4.78, 5) is -0.136. The van der Waals surface area contributed by atoms with Gasteiger partial charge in [-0.2, -0.15) is 0 Å². The third-order valence-corrected chi connectivity index (χ3v) is 4.41. The lowest BCUT2D eigenvalue weighted by Crippen LogP contribution is -2.17. The first kappa shape index (κ1) is 14.5. The second-order valence-electron chi connectivity index (χ2n) is 4.34. The molecule has 2 rings (SSSR count). The zero-order valence-corrected chi connectivity index (χ0v) is 11.7. The summed E-state index contributed by atoms with van der Waals surface area (Å²) in [5.41, 5.74) is 6.66. The molecule has 0 spiro atoms. The average Bonchev–Trinajstić information content (AvgIpc) is 2.41. The molecule has 3 N–H and O–H groups in total. The molecule has 0 aliphatic heterocycles. The largest absolute Gasteiger partial charge is 0.326 e. The molecule has 0 aliphatic carbocycles. The summed E-state index contributed by atoms with van der Waals surface area (Å²) in [6.07, 6.45) is 0. The number of halogens is 1. The van der Waals surface area contributed by atoms with Crippen molar-refractivity contribution in [3.05, 3.63) is 59.4 Å². The maximum absolute atomic E-state index is 13.6. The highest BCUT2D eigenvalue weighted by Gasteiger charge is 2.20. The van der Waals surface area contributed by atoms with Crippen molar-refractivity contribution in [3.8, 4) is 0 Å². The Morgan fingerprint density at radius 3 is 2.50 bits per heavy atom. The van der Waals surface area contributed by atoms with Gasteiger partial charge < -0.3 is 5.73 Å². The Hall–Kier alpha value is -1.92. The first-order chi connectivity index (χ1) is 9.45. The molecule has 2 aromatic rings. The maximum Gasteiger partial charge on any atom is 0.262 e. The van der Waals surface area contributed by atoms with E-state index in [0.717, 1.165) is 5.56 Å². The molecule has 4 nitrogen and oxygen atoms in total. The smallest absolute Gasteiger partial charge is 0.262 e. The van der Waals surface area contributed by atoms with E-state index in [1.54, 1.807) is 31.2 Å². The summed E-state index contributed by atoms with van der Waals surface area (Å²) in [5.74, 6) is -0.625. The van der Waals surface area contributed by atoms with Crippen LogP contribution >= 0.6 is 0 Å². The number of sulfonamides is 1. The predicted octanol–water partition coefficient (Wildman–Crippen LogP) is 2.39. The Bertz CT molecular complexity index is 730. The summed E-state index contributed by atoms with van der Waals surface area (Å²) in [6.45, 7) is 1.60. The van der Waals surface area contributed by atoms with Crippen LogP contribution in [0.5, 0.6) is 0 Å². The monoisotopic (exact) mass is 294 g/mol. The van der Waals surface area contributed by atoms with Gasteiger partial charge in [0.1, 0.15) is 5.82 Å². The molecule has 0 aliphatic rings. The molecule has 20 heavy (non-hydrogen) atoms. The Balaban J connectivity index is 2.47. The summed E-state index contributed by atoms with van der Waals surface area (Å²) in [7, 11) is -3.87. The first-order valence-corrected chi connectivity index (χ1v) is 7.50. The molecule has 0 heterocycles. The van der Waals surface area contributed by atoms with Crippen LogP contribution < -0.4 is 10.5 Å². The van der Waals surface area contributed by atoms with Crippen LogP contribution in [-0.2, 0) is 16.6 Å². The average molecular weight is 294 g/mol. The van der Waals surface area contributed by atoms with Crippen molar-refractivity contribution >= 4 is 15.7 Å². The summed E-state index contributed by atoms with van der Waals surface area (Å²) in [6, 6.07) is 10.8. The number of nitrogens with one attached hydrogen (secondary N) is 1. The van der Waals surface area contributed by atoms with Crippen molar-refractivity contribution in [2.75, 3.05) is 4.72 Å². The van der Waals surface area contributed by atoms with Crippen molar-refractivity contribution in [2.45, 2.75) is 18.4 Å². The molecular weight excluding hydrogens is 279 g/mol. The standard InChI is InChI=1S/C14H15FN2O2S/c1-10-5-2-3-7-13(10)17-20(18,19)14-8-4-6-12(15)11(14)9-16/h2-8,17H,9,16H2,1H3. The van der Waals surface area contributed by atoms with Gasteiger partial charge in [0.2, 0.25) is 0 Å². The van der Waals surface area contributed by atoms with Crippen LogP contribution in [0, 0.1) is 12.7 Å². The lowest BCUT2D eigenvalue weighted by molar-refractivity contribution is 0.585. The highest BCUT2D eigenvalue weighted by Crippen LogP contribution is 2.23. The SMILES string of the molecule is Cc1ccccc1NS(=O)(=O)c1cccc(F)c1CN. The van der Waals surface area contributed by atoms with Crippen LogP contribution in [0.25, 0.3) is 0 Å². The van der Waals surface area contributed by atoms with Crippen LogP contribution in [0.3, 0.4) is 0 Å². The number of aryl methyl sites for hydroxylation is 1. The molecule has 2 aromatic carbocycles. The third kappa shape index (κ3) is 2.81. The Labute approximate surface area is 117 Å². The van der Waals surface area contributed by atoms with Gasteiger partial charge in [0.25, 0.3) is 10.0 Å². The van der Waals surface area contributed by atoms with Gasteiger partial charge in [-0.25, -0.2) is 12.8 Å². The van der Waals surface area contributed by atoms with Crippen LogP contribution in [0.2, 0.25) is 0 Å². The predicted molar refractivity (Wildman–Crippen MR) is 76.3 cm³/mol. The van der Waals surface area contributed by atoms with Crippen molar-refractivity contribution < 1.29 is 12.8 Å². The molecule has 0 saturated carbocycles. The van der Waals surface area contributed by atoms with E-state index >= 15 is 0 Å². The first-order valence-electron chi connectivity index (χ1n) is 6.01. The van der Waals surface area contributed by atoms with Gasteiger partial charge in [0.15, 0.2) is 0 Å². The zero-order valence-electron chi connectivity index (χ0n) is 10.9. The Morgan fingerprint density at radius 1 is 1.15 bits per heavy atom. The highest BCUT2D eigenvalue weighted by atomic mass is 32.2. The normalized spacial score (nSPS) is 11.3. The van der Waals surface area contributed by atoms with E-state index in [-0.39, 0.29) is 17.0 Å². The number of hydrogen-bond acceptors (Lipinski definition) is 3. The van der Waals surface area contributed by atoms with E-state index in [4.69, 9.17) is 5.73 Å². The molecule has 0 unspecified atom stereocenters. The summed E-state index contributed by atoms with van der Waals surface area (Å²) >= 11 is 0. The Kier molecular flexibility index (Phi) is 4.06. The van der Waals surface area contributed by atoms with Crippen molar-refractivity contribution in [1.82, 2.24) is 0 Å². The van der Waals surface area contributed by atoms with Gasteiger partial charge in [-0.1, -0.05) is 24.3 Å². The molecule has 106 valence electrons. The number of nitrogens with two attached hydrogens (primary N) is 1. The van der Waals surface area contributed by atoms with Crippen LogP contribution in [0.15, 0.2) is 47.4 Å². The molecule has 0 saturated heterocycles. The van der Waals surface area contributed by atoms with Gasteiger partial charge in [0, 0.05) is 12.1 Å². The van der Waals surface area contributed by atoms with Crippen molar-refractivity contribution in [2.24, 2.45) is 5.73 Å². The van der Waals surface area contributed by atoms with Gasteiger partial charge in [-0.3, -0.25) is 4.72 Å². The highest BCUT2D eigenvalue weighted by molar-refractivity contribution is 7.92. The minimum Gasteiger partial charge on any atom is -0.326 e. The number of hydrogen-bond donors (Lipinski definition) is 2. The van der Waals surface area contributed by atoms with Crippen LogP contribution in [-0.4, -0.2) is 8.42 Å². The second-order valence-corrected chi connectivity index (χ2v) is 5.99. The third-order valence-electron chi connectivity index (χ3n) is 2.96. The van der Waals surface area contributed by atoms with E-state index in [0.29, 0.717) is 5.69 Å². The molecular formula is C14H15FN2O2S. The van der Waals surface area contributed by atoms with Gasteiger partial charge in [-0.05, 0) is 30.7 Å². The fourth-order valence-electron chi connectivity index (χ4n) is 1.88. The topological polar surface area (TPSA) is 72.2 Å². The minimum absolute atomic E-state index is 0.0198. The molecule has 0 fully saturated rings. The van der Waals surface area contributed by atoms with E-state index < -0.39 is 15.8 Å². The lowest BCUT2D eigenvalue weighted by Gasteiger charge is -2.13. The number of anilines is 1. The van der Waals surface area contributed by atoms with Crippen LogP contribution in [0.1, 0.15) is 11.1 Å². The molecule has 0 amide bonds. The minimum atomic E-state index is -3.87. The molecule has 0 bridgehead atoms. The molecule has 6 heteroatoms. The van der Waals surface area contributed by atoms with Gasteiger partial charge in [0.05, 0.1) is 10.6 Å². The summed E-state index contributed by atoms with van der Waals surface area (Å²) < 4.78 is 40.8. The van der Waals surface area contributed by atoms with Crippen molar-refractivity contribution in [1.29, 1.82) is 0 Å². The number of benzene rings is 2. The Morgan fingerprint density at radius 2 is 1.85 bits per heavy atom. The quantitative estimate of drug-likeness (QED) is 0.909. The molecule has 0 atom stereocenters. The second kappa shape index (κ2) is 5.60. The van der Waals surface area contributed by atoms with Gasteiger partial charge >= 0.3 is 0 Å². The zero-order chi connectivity index (χ0) is 14.8. The lowest BCUT2D eigenvalue weighted by atomic mass is 10.2. The van der Waals surface area contributed by atoms with Gasteiger partial charge in [-0.15, -0.1) is 0 Å². The molecule has 0 aromatic heterocycles. The fourth-order valence-corrected chi connectivity index (χ4v) is 3.27. The summed E-state index contributed by atoms with van der Waals surface area (Å²) in [5, 5.41) is 0. The fraction of sp³-hybridized carbons (Fsp3) is 0.143. The number of rotatable bonds is 4. The van der Waals surface area contributed by atoms with Crippen LogP contribution in [0.4, 0.5) is 10.1 Å². The maximum atomic E-state index is 13.6. The number of para-hydroxylation sites is 1. The van der Waals surface area contributed by atoms with E-state index in [9.17, 15) is 12.8 Å². The van der Waals surface area contributed by atoms with E-state index in [1.165, 1.54) is 18.2 Å². The van der Waals surface area contributed by atoms with E-state index in [2.05, 4.69) is 4.72 Å². The molecule has 0 radical (unpaired) electrons. The van der Waals surface area contributed by atoms with Crippen molar-refractivity contribution in [3.63, 3.8) is 0 Å². The van der Waals surface area contributed by atoms with E-state index in [1.807, 2.05) is 0 Å².